The van der Waals surface area contributed by atoms with Crippen LogP contribution in [-0.2, 0) is 4.74 Å². The number of hydrogen-bond donors (Lipinski definition) is 0. The Morgan fingerprint density at radius 2 is 1.80 bits per heavy atom. The molecule has 0 bridgehead atoms. The van der Waals surface area contributed by atoms with E-state index in [-0.39, 0.29) is 12.0 Å². The Morgan fingerprint density at radius 1 is 1.07 bits per heavy atom. The van der Waals surface area contributed by atoms with Crippen LogP contribution in [0.1, 0.15) is 22.3 Å². The van der Waals surface area contributed by atoms with Crippen LogP contribution in [0, 0.1) is 0 Å². The Hall–Kier alpha value is -2.15. The lowest BCUT2D eigenvalue weighted by atomic mass is 10.1. The molecule has 1 unspecified atom stereocenters. The molecule has 0 spiro atoms. The maximum atomic E-state index is 12.8. The van der Waals surface area contributed by atoms with Crippen LogP contribution in [-0.4, -0.2) is 67.7 Å². The average molecular weight is 471 g/mol. The highest BCUT2D eigenvalue weighted by Gasteiger charge is 2.22. The van der Waals surface area contributed by atoms with Gasteiger partial charge in [0.25, 0.3) is 5.91 Å². The van der Waals surface area contributed by atoms with Crippen molar-refractivity contribution in [3.8, 4) is 5.75 Å². The van der Waals surface area contributed by atoms with Crippen LogP contribution >= 0.6 is 15.9 Å². The monoisotopic (exact) mass is 470 g/mol. The molecule has 2 aliphatic heterocycles. The molecule has 158 valence electrons. The summed E-state index contributed by atoms with van der Waals surface area (Å²) >= 11 is 3.46. The Morgan fingerprint density at radius 3 is 2.47 bits per heavy atom. The molecule has 2 aromatic rings. The molecule has 0 saturated carbocycles. The highest BCUT2D eigenvalue weighted by molar-refractivity contribution is 9.10. The van der Waals surface area contributed by atoms with Gasteiger partial charge in [-0.25, -0.2) is 0 Å². The molecular formula is C24H27BrN2O3. The Balaban J connectivity index is 1.23. The third-order valence-electron chi connectivity index (χ3n) is 5.50. The highest BCUT2D eigenvalue weighted by atomic mass is 79.9. The van der Waals surface area contributed by atoms with Gasteiger partial charge in [-0.2, -0.15) is 0 Å². The molecule has 4 rings (SSSR count). The van der Waals surface area contributed by atoms with Crippen molar-refractivity contribution in [2.75, 3.05) is 45.9 Å². The summed E-state index contributed by atoms with van der Waals surface area (Å²) in [6.07, 6.45) is 5.38. The van der Waals surface area contributed by atoms with E-state index in [1.165, 1.54) is 5.56 Å². The number of nitrogens with zero attached hydrogens (tertiary/aromatic N) is 2. The van der Waals surface area contributed by atoms with Gasteiger partial charge >= 0.3 is 0 Å². The second kappa shape index (κ2) is 10.2. The highest BCUT2D eigenvalue weighted by Crippen LogP contribution is 2.19. The van der Waals surface area contributed by atoms with Gasteiger partial charge in [-0.05, 0) is 42.0 Å². The summed E-state index contributed by atoms with van der Waals surface area (Å²) in [5.41, 5.74) is 1.91. The summed E-state index contributed by atoms with van der Waals surface area (Å²) in [5.74, 6) is 0.889. The normalized spacial score (nSPS) is 20.0. The van der Waals surface area contributed by atoms with Gasteiger partial charge in [0.15, 0.2) is 0 Å². The van der Waals surface area contributed by atoms with Crippen LogP contribution in [0.15, 0.2) is 59.1 Å². The molecule has 30 heavy (non-hydrogen) atoms. The van der Waals surface area contributed by atoms with Crippen LogP contribution in [0.4, 0.5) is 0 Å². The summed E-state index contributed by atoms with van der Waals surface area (Å²) in [7, 11) is 0. The van der Waals surface area contributed by atoms with Crippen LogP contribution < -0.4 is 4.74 Å². The van der Waals surface area contributed by atoms with E-state index in [0.717, 1.165) is 56.0 Å². The molecule has 2 aromatic carbocycles. The van der Waals surface area contributed by atoms with Crippen molar-refractivity contribution >= 4 is 27.9 Å². The zero-order valence-corrected chi connectivity index (χ0v) is 18.6. The molecule has 0 aromatic heterocycles. The molecule has 1 atom stereocenters. The lowest BCUT2D eigenvalue weighted by molar-refractivity contribution is 0.0650. The van der Waals surface area contributed by atoms with Crippen molar-refractivity contribution in [2.45, 2.75) is 12.5 Å². The molecular weight excluding hydrogens is 444 g/mol. The number of carbonyl (C=O) groups is 1. The summed E-state index contributed by atoms with van der Waals surface area (Å²) in [4.78, 5) is 17.1. The van der Waals surface area contributed by atoms with Gasteiger partial charge in [-0.15, -0.1) is 0 Å². The first-order valence-corrected chi connectivity index (χ1v) is 11.2. The summed E-state index contributed by atoms with van der Waals surface area (Å²) in [5, 5.41) is 0. The van der Waals surface area contributed by atoms with Gasteiger partial charge in [0, 0.05) is 49.2 Å². The Kier molecular flexibility index (Phi) is 7.20. The molecule has 5 nitrogen and oxygen atoms in total. The molecule has 2 heterocycles. The van der Waals surface area contributed by atoms with Crippen LogP contribution in [0.2, 0.25) is 0 Å². The van der Waals surface area contributed by atoms with Gasteiger partial charge in [0.1, 0.15) is 11.9 Å². The third kappa shape index (κ3) is 5.72. The fraction of sp³-hybridized carbons (Fsp3) is 0.375. The second-order valence-electron chi connectivity index (χ2n) is 7.67. The quantitative estimate of drug-likeness (QED) is 0.637. The number of carbonyl (C=O) groups excluding carboxylic acids is 1. The zero-order chi connectivity index (χ0) is 20.8. The largest absolute Gasteiger partial charge is 0.488 e. The molecule has 0 N–H and O–H groups in total. The fourth-order valence-corrected chi connectivity index (χ4v) is 3.97. The van der Waals surface area contributed by atoms with E-state index in [1.54, 1.807) is 0 Å². The van der Waals surface area contributed by atoms with Gasteiger partial charge in [-0.1, -0.05) is 40.2 Å². The number of rotatable bonds is 6. The minimum atomic E-state index is 0.0933. The van der Waals surface area contributed by atoms with E-state index in [4.69, 9.17) is 9.47 Å². The molecule has 0 radical (unpaired) electrons. The molecule has 2 saturated heterocycles. The summed E-state index contributed by atoms with van der Waals surface area (Å²) < 4.78 is 12.3. The number of benzene rings is 2. The standard InChI is InChI=1S/C24H27BrN2O3/c25-21-7-3-19(4-8-21)2-1-12-26-13-15-27(16-14-26)24(28)20-5-9-22(10-6-20)30-23-11-17-29-18-23/h1-10,23H,11-18H2/b2-1+. The number of piperazine rings is 1. The number of hydrogen-bond acceptors (Lipinski definition) is 4. The summed E-state index contributed by atoms with van der Waals surface area (Å²) in [6.45, 7) is 5.58. The zero-order valence-electron chi connectivity index (χ0n) is 17.0. The van der Waals surface area contributed by atoms with E-state index >= 15 is 0 Å². The van der Waals surface area contributed by atoms with Gasteiger partial charge in [0.2, 0.25) is 0 Å². The maximum Gasteiger partial charge on any atom is 0.253 e. The maximum absolute atomic E-state index is 12.8. The number of ether oxygens (including phenoxy) is 2. The predicted molar refractivity (Wildman–Crippen MR) is 122 cm³/mol. The van der Waals surface area contributed by atoms with Gasteiger partial charge in [0.05, 0.1) is 13.2 Å². The van der Waals surface area contributed by atoms with E-state index in [1.807, 2.05) is 41.3 Å². The van der Waals surface area contributed by atoms with E-state index in [9.17, 15) is 4.79 Å². The van der Waals surface area contributed by atoms with Crippen LogP contribution in [0.3, 0.4) is 0 Å². The van der Waals surface area contributed by atoms with Crippen LogP contribution in [0.25, 0.3) is 6.08 Å². The van der Waals surface area contributed by atoms with E-state index < -0.39 is 0 Å². The number of halogens is 1. The van der Waals surface area contributed by atoms with E-state index in [0.29, 0.717) is 12.2 Å². The minimum absolute atomic E-state index is 0.0933. The van der Waals surface area contributed by atoms with Crippen LogP contribution in [0.5, 0.6) is 5.75 Å². The molecule has 0 aliphatic carbocycles. The third-order valence-corrected chi connectivity index (χ3v) is 6.02. The Labute approximate surface area is 186 Å². The molecule has 1 amide bonds. The second-order valence-corrected chi connectivity index (χ2v) is 8.59. The Bertz CT molecular complexity index is 853. The molecule has 2 fully saturated rings. The average Bonchev–Trinajstić information content (AvgIpc) is 3.29. The first-order chi connectivity index (χ1) is 14.7. The van der Waals surface area contributed by atoms with Gasteiger partial charge in [-0.3, -0.25) is 9.69 Å². The van der Waals surface area contributed by atoms with E-state index in [2.05, 4.69) is 45.1 Å². The van der Waals surface area contributed by atoms with Crippen molar-refractivity contribution in [3.05, 3.63) is 70.2 Å². The van der Waals surface area contributed by atoms with Gasteiger partial charge < -0.3 is 14.4 Å². The van der Waals surface area contributed by atoms with Crippen molar-refractivity contribution in [1.29, 1.82) is 0 Å². The summed E-state index contributed by atoms with van der Waals surface area (Å²) in [6, 6.07) is 15.8. The lowest BCUT2D eigenvalue weighted by Gasteiger charge is -2.34. The topological polar surface area (TPSA) is 42.0 Å². The molecule has 2 aliphatic rings. The first-order valence-electron chi connectivity index (χ1n) is 10.5. The van der Waals surface area contributed by atoms with Crippen molar-refractivity contribution in [1.82, 2.24) is 9.80 Å². The van der Waals surface area contributed by atoms with Crippen molar-refractivity contribution < 1.29 is 14.3 Å². The first kappa shape index (κ1) is 21.1. The number of amides is 1. The minimum Gasteiger partial charge on any atom is -0.488 e. The smallest absolute Gasteiger partial charge is 0.253 e. The molecule has 6 heteroatoms. The van der Waals surface area contributed by atoms with Crippen molar-refractivity contribution in [3.63, 3.8) is 0 Å². The SMILES string of the molecule is O=C(c1ccc(OC2CCOC2)cc1)N1CCN(C/C=C/c2ccc(Br)cc2)CC1. The predicted octanol–water partition coefficient (Wildman–Crippen LogP) is 4.09. The van der Waals surface area contributed by atoms with Crippen molar-refractivity contribution in [2.24, 2.45) is 0 Å². The fourth-order valence-electron chi connectivity index (χ4n) is 3.70. The lowest BCUT2D eigenvalue weighted by Crippen LogP contribution is -2.48.